The number of carbonyl (C=O) groups is 1. The van der Waals surface area contributed by atoms with E-state index in [9.17, 15) is 13.2 Å². The van der Waals surface area contributed by atoms with Crippen LogP contribution in [-0.2, 0) is 14.8 Å². The summed E-state index contributed by atoms with van der Waals surface area (Å²) < 4.78 is 32.4. The predicted molar refractivity (Wildman–Crippen MR) is 76.6 cm³/mol. The topological polar surface area (TPSA) is 119 Å². The van der Waals surface area contributed by atoms with Crippen LogP contribution in [0.3, 0.4) is 0 Å². The number of carboxylic acid groups (broad SMARTS) is 1. The maximum absolute atomic E-state index is 12.3. The van der Waals surface area contributed by atoms with Crippen LogP contribution in [0.5, 0.6) is 0 Å². The minimum Gasteiger partial charge on any atom is -0.478 e. The molecule has 0 heterocycles. The SMILES string of the molecule is CCOC1CC(NS(=O)(=O)c2ccc(N)cc2C(=O)O)C1. The van der Waals surface area contributed by atoms with E-state index in [1.54, 1.807) is 0 Å². The van der Waals surface area contributed by atoms with Gasteiger partial charge in [-0.15, -0.1) is 0 Å². The van der Waals surface area contributed by atoms with Crippen molar-refractivity contribution in [1.82, 2.24) is 4.72 Å². The third-order valence-corrected chi connectivity index (χ3v) is 4.92. The highest BCUT2D eigenvalue weighted by molar-refractivity contribution is 7.89. The number of anilines is 1. The van der Waals surface area contributed by atoms with Crippen molar-refractivity contribution in [1.29, 1.82) is 0 Å². The van der Waals surface area contributed by atoms with Crippen molar-refractivity contribution in [3.05, 3.63) is 23.8 Å². The standard InChI is InChI=1S/C13H18N2O5S/c1-2-20-10-6-9(7-10)15-21(18,19)12-4-3-8(14)5-11(12)13(16)17/h3-5,9-10,15H,2,6-7,14H2,1H3,(H,16,17). The molecular weight excluding hydrogens is 296 g/mol. The van der Waals surface area contributed by atoms with Gasteiger partial charge in [-0.25, -0.2) is 17.9 Å². The van der Waals surface area contributed by atoms with Crippen LogP contribution in [0.15, 0.2) is 23.1 Å². The van der Waals surface area contributed by atoms with Gasteiger partial charge in [0.25, 0.3) is 0 Å². The summed E-state index contributed by atoms with van der Waals surface area (Å²) in [6.07, 6.45) is 1.24. The molecule has 1 saturated carbocycles. The van der Waals surface area contributed by atoms with E-state index in [0.717, 1.165) is 6.07 Å². The van der Waals surface area contributed by atoms with Gasteiger partial charge in [0.2, 0.25) is 10.0 Å². The Balaban J connectivity index is 2.16. The number of benzene rings is 1. The first kappa shape index (κ1) is 15.7. The molecule has 0 unspecified atom stereocenters. The molecule has 1 fully saturated rings. The van der Waals surface area contributed by atoms with Crippen LogP contribution in [0.2, 0.25) is 0 Å². The number of hydrogen-bond acceptors (Lipinski definition) is 5. The lowest BCUT2D eigenvalue weighted by Gasteiger charge is -2.35. The maximum atomic E-state index is 12.3. The fourth-order valence-electron chi connectivity index (χ4n) is 2.27. The summed E-state index contributed by atoms with van der Waals surface area (Å²) in [5, 5.41) is 9.10. The Bertz CT molecular complexity index is 638. The lowest BCUT2D eigenvalue weighted by Crippen LogP contribution is -2.47. The van der Waals surface area contributed by atoms with Crippen molar-refractivity contribution in [2.75, 3.05) is 12.3 Å². The number of rotatable bonds is 6. The molecule has 0 aliphatic heterocycles. The van der Waals surface area contributed by atoms with Gasteiger partial charge in [0, 0.05) is 18.3 Å². The van der Waals surface area contributed by atoms with Gasteiger partial charge in [0.15, 0.2) is 0 Å². The van der Waals surface area contributed by atoms with Gasteiger partial charge in [0.05, 0.1) is 16.6 Å². The molecule has 1 aliphatic rings. The molecule has 2 rings (SSSR count). The molecule has 7 nitrogen and oxygen atoms in total. The Kier molecular flexibility index (Phi) is 4.50. The van der Waals surface area contributed by atoms with Gasteiger partial charge in [-0.2, -0.15) is 0 Å². The molecule has 1 aromatic rings. The normalized spacial score (nSPS) is 21.8. The average molecular weight is 314 g/mol. The number of aromatic carboxylic acids is 1. The number of nitrogens with one attached hydrogen (secondary N) is 1. The smallest absolute Gasteiger partial charge is 0.337 e. The largest absolute Gasteiger partial charge is 0.478 e. The Morgan fingerprint density at radius 2 is 2.14 bits per heavy atom. The highest BCUT2D eigenvalue weighted by Gasteiger charge is 2.34. The zero-order valence-corrected chi connectivity index (χ0v) is 12.4. The summed E-state index contributed by atoms with van der Waals surface area (Å²) in [7, 11) is -3.89. The highest BCUT2D eigenvalue weighted by atomic mass is 32.2. The minimum atomic E-state index is -3.89. The third kappa shape index (κ3) is 3.52. The second-order valence-corrected chi connectivity index (χ2v) is 6.61. The van der Waals surface area contributed by atoms with Crippen molar-refractivity contribution in [3.8, 4) is 0 Å². The van der Waals surface area contributed by atoms with Crippen LogP contribution in [0, 0.1) is 0 Å². The van der Waals surface area contributed by atoms with Crippen LogP contribution in [0.25, 0.3) is 0 Å². The summed E-state index contributed by atoms with van der Waals surface area (Å²) in [4.78, 5) is 10.9. The lowest BCUT2D eigenvalue weighted by atomic mass is 9.90. The fraction of sp³-hybridized carbons (Fsp3) is 0.462. The number of nitrogen functional groups attached to an aromatic ring is 1. The number of hydrogen-bond donors (Lipinski definition) is 3. The minimum absolute atomic E-state index is 0.0630. The monoisotopic (exact) mass is 314 g/mol. The second-order valence-electron chi connectivity index (χ2n) is 4.93. The molecule has 0 aromatic heterocycles. The lowest BCUT2D eigenvalue weighted by molar-refractivity contribution is -0.00477. The van der Waals surface area contributed by atoms with E-state index in [4.69, 9.17) is 15.6 Å². The molecule has 0 bridgehead atoms. The van der Waals surface area contributed by atoms with E-state index in [1.165, 1.54) is 12.1 Å². The van der Waals surface area contributed by atoms with Crippen molar-refractivity contribution in [2.24, 2.45) is 0 Å². The molecule has 0 atom stereocenters. The fourth-order valence-corrected chi connectivity index (χ4v) is 3.71. The van der Waals surface area contributed by atoms with Crippen molar-refractivity contribution >= 4 is 21.7 Å². The zero-order valence-electron chi connectivity index (χ0n) is 11.6. The molecule has 116 valence electrons. The zero-order chi connectivity index (χ0) is 15.6. The predicted octanol–water partition coefficient (Wildman–Crippen LogP) is 0.813. The Morgan fingerprint density at radius 3 is 2.71 bits per heavy atom. The van der Waals surface area contributed by atoms with Crippen molar-refractivity contribution in [3.63, 3.8) is 0 Å². The Morgan fingerprint density at radius 1 is 1.48 bits per heavy atom. The van der Waals surface area contributed by atoms with Crippen LogP contribution in [0.1, 0.15) is 30.1 Å². The molecule has 1 aromatic carbocycles. The summed E-state index contributed by atoms with van der Waals surface area (Å²) >= 11 is 0. The van der Waals surface area contributed by atoms with E-state index >= 15 is 0 Å². The van der Waals surface area contributed by atoms with Crippen molar-refractivity contribution < 1.29 is 23.1 Å². The van der Waals surface area contributed by atoms with Crippen LogP contribution >= 0.6 is 0 Å². The summed E-state index contributed by atoms with van der Waals surface area (Å²) in [5.74, 6) is -1.33. The van der Waals surface area contributed by atoms with Gasteiger partial charge in [-0.1, -0.05) is 0 Å². The Labute approximate surface area is 123 Å². The molecule has 21 heavy (non-hydrogen) atoms. The maximum Gasteiger partial charge on any atom is 0.337 e. The van der Waals surface area contributed by atoms with Gasteiger partial charge in [0.1, 0.15) is 0 Å². The molecule has 0 amide bonds. The molecule has 4 N–H and O–H groups in total. The molecule has 0 spiro atoms. The summed E-state index contributed by atoms with van der Waals surface area (Å²) in [6.45, 7) is 2.47. The van der Waals surface area contributed by atoms with Crippen molar-refractivity contribution in [2.45, 2.75) is 36.8 Å². The van der Waals surface area contributed by atoms with E-state index in [2.05, 4.69) is 4.72 Å². The van der Waals surface area contributed by atoms with E-state index in [1.807, 2.05) is 6.92 Å². The molecule has 0 radical (unpaired) electrons. The van der Waals surface area contributed by atoms with Gasteiger partial charge in [-0.05, 0) is 38.0 Å². The molecule has 0 saturated heterocycles. The number of carboxylic acids is 1. The van der Waals surface area contributed by atoms with Gasteiger partial charge >= 0.3 is 5.97 Å². The first-order valence-electron chi connectivity index (χ1n) is 6.60. The number of sulfonamides is 1. The molecule has 1 aliphatic carbocycles. The summed E-state index contributed by atoms with van der Waals surface area (Å²) in [5.41, 5.74) is 5.37. The molecular formula is C13H18N2O5S. The first-order valence-corrected chi connectivity index (χ1v) is 8.08. The first-order chi connectivity index (χ1) is 9.83. The Hall–Kier alpha value is -1.64. The third-order valence-electron chi connectivity index (χ3n) is 3.34. The van der Waals surface area contributed by atoms with E-state index in [0.29, 0.717) is 19.4 Å². The quantitative estimate of drug-likeness (QED) is 0.669. The molecule has 8 heteroatoms. The highest BCUT2D eigenvalue weighted by Crippen LogP contribution is 2.26. The van der Waals surface area contributed by atoms with E-state index in [-0.39, 0.29) is 28.3 Å². The van der Waals surface area contributed by atoms with Crippen LogP contribution < -0.4 is 10.5 Å². The average Bonchev–Trinajstić information content (AvgIpc) is 2.35. The second kappa shape index (κ2) is 6.00. The number of ether oxygens (including phenoxy) is 1. The van der Waals surface area contributed by atoms with Crippen LogP contribution in [0.4, 0.5) is 5.69 Å². The van der Waals surface area contributed by atoms with E-state index < -0.39 is 16.0 Å². The van der Waals surface area contributed by atoms with Gasteiger partial charge in [-0.3, -0.25) is 0 Å². The van der Waals surface area contributed by atoms with Crippen LogP contribution in [-0.4, -0.2) is 38.2 Å². The summed E-state index contributed by atoms with van der Waals surface area (Å²) in [6, 6.07) is 3.48. The van der Waals surface area contributed by atoms with Gasteiger partial charge < -0.3 is 15.6 Å². The number of nitrogens with two attached hydrogens (primary N) is 1.